The molecule has 0 radical (unpaired) electrons. The molecule has 0 unspecified atom stereocenters. The zero-order chi connectivity index (χ0) is 7.70. The van der Waals surface area contributed by atoms with Gasteiger partial charge in [-0.1, -0.05) is 13.3 Å². The molecule has 0 rings (SSSR count). The predicted molar refractivity (Wildman–Crippen MR) is 42.3 cm³/mol. The molecule has 0 heterocycles. The van der Waals surface area contributed by atoms with Gasteiger partial charge in [-0.3, -0.25) is 0 Å². The Bertz CT molecular complexity index is 33.5. The van der Waals surface area contributed by atoms with Crippen molar-refractivity contribution >= 4 is 0 Å². The fourth-order valence-electron chi connectivity index (χ4n) is 0.158. The van der Waals surface area contributed by atoms with Crippen LogP contribution in [0.2, 0.25) is 0 Å². The quantitative estimate of drug-likeness (QED) is 0.399. The molecule has 0 aliphatic carbocycles. The van der Waals surface area contributed by atoms with Gasteiger partial charge in [0.25, 0.3) is 0 Å². The summed E-state index contributed by atoms with van der Waals surface area (Å²) in [6.45, 7) is 8.65. The molecule has 0 bridgehead atoms. The standard InChI is InChI=1S/C4H10O.C4H9.Li/c1-2-3-4-5;1-4(2)3;/h5H,2-4H2,1H3;1-3H3;/q;-1;+1. The SMILES string of the molecule is CCCCO.C[C-](C)C.[Li+]. The second-order valence-corrected chi connectivity index (χ2v) is 2.58. The average molecular weight is 138 g/mol. The first-order valence-electron chi connectivity index (χ1n) is 3.52. The molecular formula is C8H19LiO. The Hall–Kier alpha value is 0.557. The van der Waals surface area contributed by atoms with E-state index in [2.05, 4.69) is 27.7 Å². The van der Waals surface area contributed by atoms with Gasteiger partial charge in [0.15, 0.2) is 0 Å². The molecule has 0 saturated carbocycles. The molecule has 0 aromatic carbocycles. The van der Waals surface area contributed by atoms with E-state index in [9.17, 15) is 0 Å². The van der Waals surface area contributed by atoms with Crippen molar-refractivity contribution in [2.24, 2.45) is 0 Å². The van der Waals surface area contributed by atoms with Gasteiger partial charge in [-0.25, -0.2) is 0 Å². The Balaban J connectivity index is -0.0000000910. The van der Waals surface area contributed by atoms with Crippen LogP contribution in [0.5, 0.6) is 0 Å². The van der Waals surface area contributed by atoms with Crippen LogP contribution in [0.25, 0.3) is 0 Å². The van der Waals surface area contributed by atoms with Gasteiger partial charge in [0.2, 0.25) is 0 Å². The van der Waals surface area contributed by atoms with Gasteiger partial charge in [-0.2, -0.15) is 20.8 Å². The second-order valence-electron chi connectivity index (χ2n) is 2.58. The summed E-state index contributed by atoms with van der Waals surface area (Å²) in [6.07, 6.45) is 2.04. The molecule has 0 aliphatic heterocycles. The van der Waals surface area contributed by atoms with Gasteiger partial charge in [0.05, 0.1) is 0 Å². The van der Waals surface area contributed by atoms with Crippen molar-refractivity contribution in [3.63, 3.8) is 0 Å². The first-order valence-corrected chi connectivity index (χ1v) is 3.52. The van der Waals surface area contributed by atoms with Crippen LogP contribution in [0.1, 0.15) is 40.5 Å². The van der Waals surface area contributed by atoms with E-state index in [-0.39, 0.29) is 18.9 Å². The smallest absolute Gasteiger partial charge is 0.396 e. The summed E-state index contributed by atoms with van der Waals surface area (Å²) in [5.41, 5.74) is 0. The van der Waals surface area contributed by atoms with Crippen LogP contribution in [-0.4, -0.2) is 11.7 Å². The van der Waals surface area contributed by atoms with E-state index in [1.165, 1.54) is 5.92 Å². The van der Waals surface area contributed by atoms with Crippen molar-refractivity contribution < 1.29 is 24.0 Å². The largest absolute Gasteiger partial charge is 1.00 e. The number of aliphatic hydroxyl groups is 1. The van der Waals surface area contributed by atoms with Crippen molar-refractivity contribution in [1.82, 2.24) is 0 Å². The Morgan fingerprint density at radius 1 is 1.20 bits per heavy atom. The van der Waals surface area contributed by atoms with Crippen LogP contribution in [0.4, 0.5) is 0 Å². The van der Waals surface area contributed by atoms with Crippen molar-refractivity contribution in [2.75, 3.05) is 6.61 Å². The topological polar surface area (TPSA) is 20.2 Å². The molecule has 0 saturated heterocycles. The molecule has 0 amide bonds. The minimum Gasteiger partial charge on any atom is -0.396 e. The summed E-state index contributed by atoms with van der Waals surface area (Å²) in [4.78, 5) is 0. The molecule has 0 spiro atoms. The van der Waals surface area contributed by atoms with Crippen LogP contribution in [-0.2, 0) is 0 Å². The van der Waals surface area contributed by atoms with E-state index in [1.54, 1.807) is 0 Å². The number of hydrogen-bond acceptors (Lipinski definition) is 1. The summed E-state index contributed by atoms with van der Waals surface area (Å²) in [5.74, 6) is 1.42. The minimum absolute atomic E-state index is 0. The third-order valence-electron chi connectivity index (χ3n) is 0.512. The van der Waals surface area contributed by atoms with Crippen molar-refractivity contribution in [3.05, 3.63) is 5.92 Å². The van der Waals surface area contributed by atoms with E-state index >= 15 is 0 Å². The van der Waals surface area contributed by atoms with Crippen molar-refractivity contribution in [2.45, 2.75) is 40.5 Å². The van der Waals surface area contributed by atoms with Gasteiger partial charge in [-0.05, 0) is 6.42 Å². The van der Waals surface area contributed by atoms with Crippen LogP contribution in [0, 0.1) is 5.92 Å². The molecule has 2 heteroatoms. The zero-order valence-electron chi connectivity index (χ0n) is 8.07. The monoisotopic (exact) mass is 138 g/mol. The number of aliphatic hydroxyl groups excluding tert-OH is 1. The molecule has 1 N–H and O–H groups in total. The molecule has 0 aliphatic rings. The zero-order valence-corrected chi connectivity index (χ0v) is 8.07. The molecule has 0 atom stereocenters. The summed E-state index contributed by atoms with van der Waals surface area (Å²) in [6, 6.07) is 0. The van der Waals surface area contributed by atoms with Gasteiger partial charge >= 0.3 is 18.9 Å². The fourth-order valence-corrected chi connectivity index (χ4v) is 0.158. The molecular weight excluding hydrogens is 119 g/mol. The first-order chi connectivity index (χ1) is 4.15. The van der Waals surface area contributed by atoms with Crippen molar-refractivity contribution in [3.8, 4) is 0 Å². The predicted octanol–water partition coefficient (Wildman–Crippen LogP) is -0.597. The van der Waals surface area contributed by atoms with Crippen LogP contribution in [0.15, 0.2) is 0 Å². The molecule has 0 aromatic heterocycles. The summed E-state index contributed by atoms with van der Waals surface area (Å²) < 4.78 is 0. The second kappa shape index (κ2) is 16.3. The van der Waals surface area contributed by atoms with Gasteiger partial charge in [0, 0.05) is 6.61 Å². The van der Waals surface area contributed by atoms with Crippen LogP contribution >= 0.6 is 0 Å². The van der Waals surface area contributed by atoms with E-state index in [1.807, 2.05) is 0 Å². The first kappa shape index (κ1) is 16.9. The Kier molecular flexibility index (Phi) is 27.5. The van der Waals surface area contributed by atoms with Crippen LogP contribution in [0.3, 0.4) is 0 Å². The maximum absolute atomic E-state index is 8.07. The molecule has 58 valence electrons. The Morgan fingerprint density at radius 2 is 1.50 bits per heavy atom. The number of rotatable bonds is 2. The van der Waals surface area contributed by atoms with Crippen molar-refractivity contribution in [1.29, 1.82) is 0 Å². The van der Waals surface area contributed by atoms with Gasteiger partial charge < -0.3 is 11.0 Å². The molecule has 0 aromatic rings. The maximum Gasteiger partial charge on any atom is 1.00 e. The molecule has 10 heavy (non-hydrogen) atoms. The average Bonchev–Trinajstić information content (AvgIpc) is 1.66. The Labute approximate surface area is 77.4 Å². The van der Waals surface area contributed by atoms with Gasteiger partial charge in [0.1, 0.15) is 0 Å². The fraction of sp³-hybridized carbons (Fsp3) is 0.875. The van der Waals surface area contributed by atoms with E-state index in [0.717, 1.165) is 12.8 Å². The van der Waals surface area contributed by atoms with E-state index in [4.69, 9.17) is 5.11 Å². The third-order valence-corrected chi connectivity index (χ3v) is 0.512. The third kappa shape index (κ3) is 74.7. The molecule has 1 nitrogen and oxygen atoms in total. The normalized spacial score (nSPS) is 7.80. The summed E-state index contributed by atoms with van der Waals surface area (Å²) >= 11 is 0. The Morgan fingerprint density at radius 3 is 1.50 bits per heavy atom. The van der Waals surface area contributed by atoms with E-state index < -0.39 is 0 Å². The molecule has 0 fully saturated rings. The summed E-state index contributed by atoms with van der Waals surface area (Å²) in [7, 11) is 0. The van der Waals surface area contributed by atoms with E-state index in [0.29, 0.717) is 6.61 Å². The maximum atomic E-state index is 8.07. The van der Waals surface area contributed by atoms with Crippen LogP contribution < -0.4 is 18.9 Å². The minimum atomic E-state index is 0. The number of hydrogen-bond donors (Lipinski definition) is 1. The summed E-state index contributed by atoms with van der Waals surface area (Å²) in [5, 5.41) is 8.07. The van der Waals surface area contributed by atoms with Gasteiger partial charge in [-0.15, -0.1) is 0 Å². The number of unbranched alkanes of at least 4 members (excludes halogenated alkanes) is 1.